The third-order valence-electron chi connectivity index (χ3n) is 4.99. The van der Waals surface area contributed by atoms with Crippen LogP contribution in [0.3, 0.4) is 0 Å². The van der Waals surface area contributed by atoms with Crippen molar-refractivity contribution in [2.24, 2.45) is 5.92 Å². The molecule has 0 bridgehead atoms. The maximum Gasteiger partial charge on any atom is 0.336 e. The number of esters is 1. The zero-order valence-electron chi connectivity index (χ0n) is 18.6. The van der Waals surface area contributed by atoms with Crippen LogP contribution < -0.4 is 15.7 Å². The molecule has 0 aliphatic carbocycles. The highest BCUT2D eigenvalue weighted by Crippen LogP contribution is 2.21. The molecule has 0 saturated heterocycles. The molecule has 3 aromatic rings. The fourth-order valence-corrected chi connectivity index (χ4v) is 3.35. The van der Waals surface area contributed by atoms with Crippen LogP contribution in [0.2, 0.25) is 0 Å². The van der Waals surface area contributed by atoms with Gasteiger partial charge in [-0.25, -0.2) is 9.59 Å². The molecule has 0 spiro atoms. The minimum absolute atomic E-state index is 0.112. The van der Waals surface area contributed by atoms with Gasteiger partial charge in [0.1, 0.15) is 24.0 Å². The molecule has 1 N–H and O–H groups in total. The Morgan fingerprint density at radius 2 is 1.84 bits per heavy atom. The summed E-state index contributed by atoms with van der Waals surface area (Å²) in [4.78, 5) is 37.6. The number of rotatable bonds is 8. The molecule has 0 fully saturated rings. The Hall–Kier alpha value is -3.61. The van der Waals surface area contributed by atoms with E-state index < -0.39 is 23.5 Å². The van der Waals surface area contributed by atoms with Gasteiger partial charge >= 0.3 is 11.6 Å². The minimum atomic E-state index is -0.870. The Labute approximate surface area is 186 Å². The smallest absolute Gasteiger partial charge is 0.336 e. The van der Waals surface area contributed by atoms with Crippen LogP contribution >= 0.6 is 0 Å². The van der Waals surface area contributed by atoms with Gasteiger partial charge < -0.3 is 19.2 Å². The number of benzene rings is 2. The third kappa shape index (κ3) is 5.35. The van der Waals surface area contributed by atoms with Crippen LogP contribution in [0.1, 0.15) is 42.3 Å². The molecule has 3 rings (SSSR count). The lowest BCUT2D eigenvalue weighted by Gasteiger charge is -2.21. The van der Waals surface area contributed by atoms with Crippen molar-refractivity contribution in [3.8, 4) is 5.75 Å². The summed E-state index contributed by atoms with van der Waals surface area (Å²) >= 11 is 0. The molecular formula is C25H27NO6. The van der Waals surface area contributed by atoms with E-state index in [0.29, 0.717) is 34.5 Å². The van der Waals surface area contributed by atoms with Crippen molar-refractivity contribution < 1.29 is 23.5 Å². The quantitative estimate of drug-likeness (QED) is 0.423. The second kappa shape index (κ2) is 10.1. The number of carbonyl (C=O) groups excluding carboxylic acids is 2. The highest BCUT2D eigenvalue weighted by molar-refractivity contribution is 5.99. The van der Waals surface area contributed by atoms with Crippen molar-refractivity contribution in [1.82, 2.24) is 5.32 Å². The van der Waals surface area contributed by atoms with E-state index in [0.717, 1.165) is 5.56 Å². The Balaban J connectivity index is 1.76. The van der Waals surface area contributed by atoms with Gasteiger partial charge in [0.2, 0.25) is 0 Å². The van der Waals surface area contributed by atoms with Crippen molar-refractivity contribution in [2.75, 3.05) is 6.61 Å². The Bertz CT molecular complexity index is 1180. The molecule has 1 atom stereocenters. The van der Waals surface area contributed by atoms with Gasteiger partial charge in [0.05, 0.1) is 12.2 Å². The second-order valence-corrected chi connectivity index (χ2v) is 7.82. The van der Waals surface area contributed by atoms with Crippen molar-refractivity contribution in [2.45, 2.75) is 40.3 Å². The summed E-state index contributed by atoms with van der Waals surface area (Å²) < 4.78 is 16.2. The molecule has 7 heteroatoms. The molecule has 0 saturated carbocycles. The van der Waals surface area contributed by atoms with Crippen LogP contribution in [0, 0.1) is 12.8 Å². The monoisotopic (exact) mass is 437 g/mol. The van der Waals surface area contributed by atoms with Crippen LogP contribution in [-0.4, -0.2) is 24.5 Å². The van der Waals surface area contributed by atoms with E-state index in [1.165, 1.54) is 6.07 Å². The van der Waals surface area contributed by atoms with Crippen LogP contribution in [0.4, 0.5) is 0 Å². The van der Waals surface area contributed by atoms with E-state index in [9.17, 15) is 14.4 Å². The molecule has 0 radical (unpaired) electrons. The lowest BCUT2D eigenvalue weighted by Crippen LogP contribution is -2.45. The van der Waals surface area contributed by atoms with Crippen molar-refractivity contribution in [3.63, 3.8) is 0 Å². The standard InChI is InChI=1S/C25H27NO6/c1-5-30-20-9-7-6-8-19(20)24(28)26-23(15(2)3)25(29)31-14-17-13-22(27)32-21-12-16(4)10-11-18(17)21/h6-13,15,23H,5,14H2,1-4H3,(H,26,28)/t23-/m0/s1. The summed E-state index contributed by atoms with van der Waals surface area (Å²) in [6, 6.07) is 12.8. The Morgan fingerprint density at radius 1 is 1.09 bits per heavy atom. The molecule has 7 nitrogen and oxygen atoms in total. The van der Waals surface area contributed by atoms with Gasteiger partial charge in [-0.15, -0.1) is 0 Å². The first-order valence-corrected chi connectivity index (χ1v) is 10.5. The van der Waals surface area contributed by atoms with E-state index in [-0.39, 0.29) is 12.5 Å². The predicted molar refractivity (Wildman–Crippen MR) is 121 cm³/mol. The van der Waals surface area contributed by atoms with E-state index in [1.807, 2.05) is 39.8 Å². The van der Waals surface area contributed by atoms with E-state index in [4.69, 9.17) is 13.9 Å². The minimum Gasteiger partial charge on any atom is -0.493 e. The van der Waals surface area contributed by atoms with Gasteiger partial charge in [0.15, 0.2) is 0 Å². The van der Waals surface area contributed by atoms with Gasteiger partial charge in [-0.05, 0) is 43.5 Å². The van der Waals surface area contributed by atoms with E-state index in [1.54, 1.807) is 30.3 Å². The summed E-state index contributed by atoms with van der Waals surface area (Å²) in [6.07, 6.45) is 0. The maximum absolute atomic E-state index is 12.8. The summed E-state index contributed by atoms with van der Waals surface area (Å²) in [6.45, 7) is 7.66. The molecule has 0 unspecified atom stereocenters. The molecule has 0 aliphatic rings. The van der Waals surface area contributed by atoms with Gasteiger partial charge in [-0.1, -0.05) is 38.1 Å². The first-order chi connectivity index (χ1) is 15.3. The van der Waals surface area contributed by atoms with Gasteiger partial charge in [-0.2, -0.15) is 0 Å². The van der Waals surface area contributed by atoms with Crippen molar-refractivity contribution >= 4 is 22.8 Å². The first kappa shape index (κ1) is 23.1. The fraction of sp³-hybridized carbons (Fsp3) is 0.320. The van der Waals surface area contributed by atoms with Crippen LogP contribution in [0.15, 0.2) is 57.7 Å². The van der Waals surface area contributed by atoms with Crippen molar-refractivity contribution in [1.29, 1.82) is 0 Å². The summed E-state index contributed by atoms with van der Waals surface area (Å²) in [5.41, 5.74) is 1.75. The summed E-state index contributed by atoms with van der Waals surface area (Å²) in [5.74, 6) is -0.784. The molecule has 1 amide bonds. The van der Waals surface area contributed by atoms with Gasteiger partial charge in [-0.3, -0.25) is 4.79 Å². The number of nitrogens with one attached hydrogen (secondary N) is 1. The number of hydrogen-bond acceptors (Lipinski definition) is 6. The highest BCUT2D eigenvalue weighted by Gasteiger charge is 2.27. The molecule has 1 aromatic heterocycles. The molecule has 32 heavy (non-hydrogen) atoms. The maximum atomic E-state index is 12.8. The normalized spacial score (nSPS) is 11.9. The lowest BCUT2D eigenvalue weighted by molar-refractivity contribution is -0.148. The highest BCUT2D eigenvalue weighted by atomic mass is 16.5. The molecule has 0 aliphatic heterocycles. The zero-order valence-corrected chi connectivity index (χ0v) is 18.6. The van der Waals surface area contributed by atoms with Crippen LogP contribution in [0.25, 0.3) is 11.0 Å². The number of ether oxygens (including phenoxy) is 2. The number of fused-ring (bicyclic) bond motifs is 1. The largest absolute Gasteiger partial charge is 0.493 e. The third-order valence-corrected chi connectivity index (χ3v) is 4.99. The topological polar surface area (TPSA) is 94.8 Å². The lowest BCUT2D eigenvalue weighted by atomic mass is 10.0. The van der Waals surface area contributed by atoms with E-state index in [2.05, 4.69) is 5.32 Å². The molecular weight excluding hydrogens is 410 g/mol. The number of para-hydroxylation sites is 1. The summed E-state index contributed by atoms with van der Waals surface area (Å²) in [5, 5.41) is 3.44. The molecule has 2 aromatic carbocycles. The fourth-order valence-electron chi connectivity index (χ4n) is 3.35. The van der Waals surface area contributed by atoms with Crippen LogP contribution in [0.5, 0.6) is 5.75 Å². The zero-order chi connectivity index (χ0) is 23.3. The number of aryl methyl sites for hydroxylation is 1. The van der Waals surface area contributed by atoms with Crippen molar-refractivity contribution in [3.05, 3.63) is 75.6 Å². The predicted octanol–water partition coefficient (Wildman–Crippen LogP) is 4.00. The van der Waals surface area contributed by atoms with Crippen LogP contribution in [-0.2, 0) is 16.1 Å². The SMILES string of the molecule is CCOc1ccccc1C(=O)N[C@H](C(=O)OCc1cc(=O)oc2cc(C)ccc12)C(C)C. The average Bonchev–Trinajstić information content (AvgIpc) is 2.75. The number of hydrogen-bond donors (Lipinski definition) is 1. The van der Waals surface area contributed by atoms with E-state index >= 15 is 0 Å². The second-order valence-electron chi connectivity index (χ2n) is 7.82. The summed E-state index contributed by atoms with van der Waals surface area (Å²) in [7, 11) is 0. The number of amides is 1. The van der Waals surface area contributed by atoms with Gasteiger partial charge in [0.25, 0.3) is 5.91 Å². The van der Waals surface area contributed by atoms with Gasteiger partial charge in [0, 0.05) is 17.0 Å². The molecule has 168 valence electrons. The molecule has 1 heterocycles. The Kier molecular flexibility index (Phi) is 7.30. The number of carbonyl (C=O) groups is 2. The first-order valence-electron chi connectivity index (χ1n) is 10.5. The Morgan fingerprint density at radius 3 is 2.56 bits per heavy atom. The average molecular weight is 437 g/mol.